The van der Waals surface area contributed by atoms with Gasteiger partial charge in [-0.15, -0.1) is 0 Å². The molecule has 0 bridgehead atoms. The predicted molar refractivity (Wildman–Crippen MR) is 120 cm³/mol. The molecule has 1 rings (SSSR count). The first-order valence-electron chi connectivity index (χ1n) is 11.5. The zero-order valence-corrected chi connectivity index (χ0v) is 19.9. The second-order valence-corrected chi connectivity index (χ2v) is 9.16. The molecule has 1 aliphatic heterocycles. The highest BCUT2D eigenvalue weighted by molar-refractivity contribution is 5.82. The fourth-order valence-corrected chi connectivity index (χ4v) is 3.44. The molecule has 0 amide bonds. The lowest BCUT2D eigenvalue weighted by atomic mass is 10.0. The summed E-state index contributed by atoms with van der Waals surface area (Å²) in [6, 6.07) is 0. The zero-order chi connectivity index (χ0) is 22.6. The van der Waals surface area contributed by atoms with E-state index in [9.17, 15) is 9.59 Å². The van der Waals surface area contributed by atoms with Crippen molar-refractivity contribution in [1.29, 1.82) is 0 Å². The molecule has 1 fully saturated rings. The van der Waals surface area contributed by atoms with Gasteiger partial charge in [-0.05, 0) is 72.6 Å². The number of carbonyl (C=O) groups is 2. The highest BCUT2D eigenvalue weighted by Crippen LogP contribution is 2.32. The first-order valence-corrected chi connectivity index (χ1v) is 11.5. The van der Waals surface area contributed by atoms with Crippen LogP contribution in [0.3, 0.4) is 0 Å². The van der Waals surface area contributed by atoms with Gasteiger partial charge in [0.25, 0.3) is 0 Å². The Kier molecular flexibility index (Phi) is 11.6. The van der Waals surface area contributed by atoms with Crippen LogP contribution in [0.5, 0.6) is 0 Å². The van der Waals surface area contributed by atoms with E-state index in [1.807, 2.05) is 26.8 Å². The van der Waals surface area contributed by atoms with Gasteiger partial charge in [0.15, 0.2) is 5.79 Å². The minimum absolute atomic E-state index is 0.119. The number of ketones is 1. The van der Waals surface area contributed by atoms with E-state index in [2.05, 4.69) is 26.8 Å². The van der Waals surface area contributed by atoms with Crippen molar-refractivity contribution in [2.45, 2.75) is 117 Å². The summed E-state index contributed by atoms with van der Waals surface area (Å²) >= 11 is 0. The predicted octanol–water partition coefficient (Wildman–Crippen LogP) is 6.06. The summed E-state index contributed by atoms with van der Waals surface area (Å²) in [4.78, 5) is 23.7. The molecule has 0 N–H and O–H groups in total. The van der Waals surface area contributed by atoms with Crippen LogP contribution in [0.4, 0.5) is 0 Å². The highest BCUT2D eigenvalue weighted by Gasteiger charge is 2.37. The van der Waals surface area contributed by atoms with Gasteiger partial charge < -0.3 is 14.2 Å². The summed E-state index contributed by atoms with van der Waals surface area (Å²) in [6.45, 7) is 12.4. The first kappa shape index (κ1) is 26.6. The summed E-state index contributed by atoms with van der Waals surface area (Å²) in [5, 5.41) is 0. The Hall–Kier alpha value is -1.46. The fourth-order valence-electron chi connectivity index (χ4n) is 3.44. The number of ether oxygens (including phenoxy) is 3. The van der Waals surface area contributed by atoms with Crippen molar-refractivity contribution in [3.8, 4) is 0 Å². The first-order chi connectivity index (χ1) is 14.1. The molecule has 0 spiro atoms. The minimum atomic E-state index is -0.461. The number of esters is 1. The van der Waals surface area contributed by atoms with Crippen molar-refractivity contribution in [2.75, 3.05) is 6.61 Å². The van der Waals surface area contributed by atoms with E-state index in [-0.39, 0.29) is 12.1 Å². The summed E-state index contributed by atoms with van der Waals surface area (Å²) in [5.74, 6) is -0.404. The average molecular weight is 423 g/mol. The molecule has 1 heterocycles. The Morgan fingerprint density at radius 3 is 2.40 bits per heavy atom. The van der Waals surface area contributed by atoms with Crippen molar-refractivity contribution < 1.29 is 23.8 Å². The third-order valence-corrected chi connectivity index (χ3v) is 5.25. The van der Waals surface area contributed by atoms with E-state index < -0.39 is 11.4 Å². The summed E-state index contributed by atoms with van der Waals surface area (Å²) < 4.78 is 17.1. The summed E-state index contributed by atoms with van der Waals surface area (Å²) in [5.41, 5.74) is 0.778. The number of hydrogen-bond donors (Lipinski definition) is 0. The minimum Gasteiger partial charge on any atom is -0.457 e. The van der Waals surface area contributed by atoms with Gasteiger partial charge in [0.2, 0.25) is 0 Å². The molecule has 0 saturated carbocycles. The number of rotatable bonds is 13. The van der Waals surface area contributed by atoms with E-state index in [4.69, 9.17) is 14.2 Å². The molecule has 0 aromatic rings. The normalized spacial score (nSPS) is 19.4. The van der Waals surface area contributed by atoms with Crippen molar-refractivity contribution in [3.63, 3.8) is 0 Å². The molecule has 1 atom stereocenters. The van der Waals surface area contributed by atoms with Crippen LogP contribution in [0, 0.1) is 0 Å². The van der Waals surface area contributed by atoms with Crippen LogP contribution < -0.4 is 0 Å². The molecule has 0 aliphatic carbocycles. The van der Waals surface area contributed by atoms with Gasteiger partial charge in [-0.1, -0.05) is 31.6 Å². The van der Waals surface area contributed by atoms with Crippen molar-refractivity contribution >= 4 is 11.8 Å². The maximum absolute atomic E-state index is 12.1. The Morgan fingerprint density at radius 1 is 1.10 bits per heavy atom. The highest BCUT2D eigenvalue weighted by atomic mass is 16.7. The molecular formula is C25H42O5. The van der Waals surface area contributed by atoms with Crippen LogP contribution in [0.25, 0.3) is 0 Å². The van der Waals surface area contributed by atoms with Crippen molar-refractivity contribution in [2.24, 2.45) is 0 Å². The molecule has 1 saturated heterocycles. The zero-order valence-electron chi connectivity index (χ0n) is 19.9. The Balaban J connectivity index is 2.15. The van der Waals surface area contributed by atoms with E-state index >= 15 is 0 Å². The van der Waals surface area contributed by atoms with Crippen LogP contribution in [-0.2, 0) is 23.8 Å². The van der Waals surface area contributed by atoms with Crippen LogP contribution in [0.15, 0.2) is 23.8 Å². The molecule has 172 valence electrons. The average Bonchev–Trinajstić information content (AvgIpc) is 3.08. The van der Waals surface area contributed by atoms with Crippen LogP contribution in [0.2, 0.25) is 0 Å². The van der Waals surface area contributed by atoms with E-state index in [0.717, 1.165) is 44.9 Å². The van der Waals surface area contributed by atoms with Crippen molar-refractivity contribution in [3.05, 3.63) is 23.8 Å². The van der Waals surface area contributed by atoms with Gasteiger partial charge in [-0.25, -0.2) is 4.79 Å². The SMILES string of the molecule is CCC1(CC)OC[C@H](CCCC(=O)CC/C=C(/C)CC/C=C/C(=O)OC(C)(C)C)O1. The van der Waals surface area contributed by atoms with Gasteiger partial charge in [0.05, 0.1) is 12.7 Å². The van der Waals surface area contributed by atoms with Gasteiger partial charge >= 0.3 is 5.97 Å². The number of hydrogen-bond acceptors (Lipinski definition) is 5. The molecular weight excluding hydrogens is 380 g/mol. The Bertz CT molecular complexity index is 593. The molecule has 1 aliphatic rings. The largest absolute Gasteiger partial charge is 0.457 e. The molecule has 5 heteroatoms. The Morgan fingerprint density at radius 2 is 1.80 bits per heavy atom. The topological polar surface area (TPSA) is 61.8 Å². The third-order valence-electron chi connectivity index (χ3n) is 5.25. The number of Topliss-reactive ketones (excluding diaryl/α,β-unsaturated/α-hetero) is 1. The van der Waals surface area contributed by atoms with Crippen LogP contribution >= 0.6 is 0 Å². The molecule has 0 radical (unpaired) electrons. The number of allylic oxidation sites excluding steroid dienone is 3. The molecule has 0 aromatic heterocycles. The maximum Gasteiger partial charge on any atom is 0.330 e. The fraction of sp³-hybridized carbons (Fsp3) is 0.760. The van der Waals surface area contributed by atoms with Crippen LogP contribution in [-0.4, -0.2) is 35.9 Å². The quantitative estimate of drug-likeness (QED) is 0.205. The second kappa shape index (κ2) is 13.1. The second-order valence-electron chi connectivity index (χ2n) is 9.16. The number of carbonyl (C=O) groups excluding carboxylic acids is 2. The van der Waals surface area contributed by atoms with E-state index in [0.29, 0.717) is 25.2 Å². The third kappa shape index (κ3) is 11.1. The lowest BCUT2D eigenvalue weighted by molar-refractivity contribution is -0.172. The molecule has 30 heavy (non-hydrogen) atoms. The summed E-state index contributed by atoms with van der Waals surface area (Å²) in [7, 11) is 0. The lowest BCUT2D eigenvalue weighted by Crippen LogP contribution is -2.28. The van der Waals surface area contributed by atoms with Gasteiger partial charge in [-0.3, -0.25) is 4.79 Å². The standard InChI is InChI=1S/C25H42O5/c1-7-25(8-2)28-19-22(29-25)17-12-16-21(26)15-11-14-20(3)13-9-10-18-23(27)30-24(4,5)6/h10,14,18,22H,7-9,11-13,15-17,19H2,1-6H3/b18-10+,20-14-/t22-/m0/s1. The van der Waals surface area contributed by atoms with Crippen LogP contribution in [0.1, 0.15) is 99.3 Å². The monoisotopic (exact) mass is 422 g/mol. The smallest absolute Gasteiger partial charge is 0.330 e. The Labute approximate surface area is 183 Å². The summed E-state index contributed by atoms with van der Waals surface area (Å²) in [6.07, 6.45) is 12.7. The lowest BCUT2D eigenvalue weighted by Gasteiger charge is -2.24. The van der Waals surface area contributed by atoms with Crippen molar-refractivity contribution in [1.82, 2.24) is 0 Å². The van der Waals surface area contributed by atoms with E-state index in [1.165, 1.54) is 11.6 Å². The molecule has 5 nitrogen and oxygen atoms in total. The maximum atomic E-state index is 12.1. The van der Waals surface area contributed by atoms with Gasteiger partial charge in [-0.2, -0.15) is 0 Å². The van der Waals surface area contributed by atoms with Gasteiger partial charge in [0.1, 0.15) is 11.4 Å². The molecule has 0 unspecified atom stereocenters. The van der Waals surface area contributed by atoms with Gasteiger partial charge in [0, 0.05) is 18.9 Å². The van der Waals surface area contributed by atoms with E-state index in [1.54, 1.807) is 0 Å². The molecule has 0 aromatic carbocycles.